The zero-order chi connectivity index (χ0) is 31.7. The van der Waals surface area contributed by atoms with Gasteiger partial charge < -0.3 is 0 Å². The Labute approximate surface area is 238 Å². The Balaban J connectivity index is 0.000000235. The van der Waals surface area contributed by atoms with E-state index in [1.165, 1.54) is 36.4 Å². The van der Waals surface area contributed by atoms with E-state index in [4.69, 9.17) is 0 Å². The van der Waals surface area contributed by atoms with E-state index in [1.807, 2.05) is 32.0 Å². The van der Waals surface area contributed by atoms with Crippen LogP contribution in [0.3, 0.4) is 0 Å². The molecule has 0 aromatic heterocycles. The van der Waals surface area contributed by atoms with E-state index < -0.39 is 40.6 Å². The van der Waals surface area contributed by atoms with Crippen LogP contribution in [0, 0.1) is 34.6 Å². The van der Waals surface area contributed by atoms with Crippen molar-refractivity contribution in [2.75, 3.05) is 0 Å². The van der Waals surface area contributed by atoms with E-state index in [2.05, 4.69) is 0 Å². The molecule has 0 nitrogen and oxygen atoms in total. The van der Waals surface area contributed by atoms with Crippen molar-refractivity contribution in [2.45, 2.75) is 58.6 Å². The Morgan fingerprint density at radius 2 is 0.833 bits per heavy atom. The van der Waals surface area contributed by atoms with Crippen molar-refractivity contribution >= 4 is 0 Å². The molecule has 0 saturated heterocycles. The molecule has 0 N–H and O–H groups in total. The molecule has 0 saturated carbocycles. The average Bonchev–Trinajstić information content (AvgIpc) is 2.86. The van der Waals surface area contributed by atoms with E-state index in [1.54, 1.807) is 26.8 Å². The third kappa shape index (κ3) is 6.82. The molecule has 42 heavy (non-hydrogen) atoms. The highest BCUT2D eigenvalue weighted by Gasteiger charge is 2.72. The molecule has 4 aromatic carbocycles. The van der Waals surface area contributed by atoms with Crippen molar-refractivity contribution in [2.24, 2.45) is 0 Å². The van der Waals surface area contributed by atoms with E-state index >= 15 is 0 Å². The van der Waals surface area contributed by atoms with Crippen LogP contribution in [0.15, 0.2) is 84.9 Å². The van der Waals surface area contributed by atoms with Gasteiger partial charge >= 0.3 is 18.5 Å². The zero-order valence-corrected chi connectivity index (χ0v) is 23.5. The summed E-state index contributed by atoms with van der Waals surface area (Å²) in [6.07, 6.45) is -15.4. The molecular weight excluding hydrogens is 567 g/mol. The van der Waals surface area contributed by atoms with Gasteiger partial charge in [0.1, 0.15) is 0 Å². The molecular formula is C33H29F9. The fourth-order valence-corrected chi connectivity index (χ4v) is 4.74. The van der Waals surface area contributed by atoms with Gasteiger partial charge in [-0.3, -0.25) is 0 Å². The number of benzene rings is 4. The van der Waals surface area contributed by atoms with Gasteiger partial charge in [-0.2, -0.15) is 39.5 Å². The molecule has 4 aromatic rings. The van der Waals surface area contributed by atoms with E-state index in [0.717, 1.165) is 41.0 Å². The van der Waals surface area contributed by atoms with Gasteiger partial charge in [0, 0.05) is 0 Å². The number of aryl methyl sites for hydroxylation is 5. The van der Waals surface area contributed by atoms with Crippen LogP contribution in [-0.4, -0.2) is 12.4 Å². The third-order valence-electron chi connectivity index (χ3n) is 6.93. The van der Waals surface area contributed by atoms with Crippen molar-refractivity contribution in [3.05, 3.63) is 129 Å². The number of hydrogen-bond donors (Lipinski definition) is 0. The van der Waals surface area contributed by atoms with Crippen LogP contribution in [0.4, 0.5) is 39.5 Å². The Hall–Kier alpha value is -3.75. The summed E-state index contributed by atoms with van der Waals surface area (Å²) in [6.45, 7) is 8.72. The van der Waals surface area contributed by atoms with Gasteiger partial charge in [0.2, 0.25) is 5.41 Å². The maximum atomic E-state index is 13.7. The molecule has 0 unspecified atom stereocenters. The average molecular weight is 597 g/mol. The zero-order valence-electron chi connectivity index (χ0n) is 23.5. The number of alkyl halides is 9. The van der Waals surface area contributed by atoms with Crippen LogP contribution in [0.1, 0.15) is 44.5 Å². The highest BCUT2D eigenvalue weighted by molar-refractivity contribution is 5.69. The van der Waals surface area contributed by atoms with Crippen LogP contribution in [0.2, 0.25) is 0 Å². The Morgan fingerprint density at radius 1 is 0.405 bits per heavy atom. The lowest BCUT2D eigenvalue weighted by atomic mass is 9.72. The summed E-state index contributed by atoms with van der Waals surface area (Å²) in [4.78, 5) is 0. The van der Waals surface area contributed by atoms with Crippen molar-refractivity contribution in [1.82, 2.24) is 0 Å². The van der Waals surface area contributed by atoms with Crippen LogP contribution < -0.4 is 0 Å². The quantitative estimate of drug-likeness (QED) is 0.207. The first-order valence-corrected chi connectivity index (χ1v) is 12.8. The normalized spacial score (nSPS) is 12.5. The molecule has 0 spiro atoms. The van der Waals surface area contributed by atoms with Gasteiger partial charge in [-0.15, -0.1) is 0 Å². The first-order valence-electron chi connectivity index (χ1n) is 12.8. The minimum absolute atomic E-state index is 0.580. The maximum Gasteiger partial charge on any atom is 0.416 e. The predicted molar refractivity (Wildman–Crippen MR) is 146 cm³/mol. The fraction of sp³-hybridized carbons (Fsp3) is 0.273. The Bertz CT molecular complexity index is 1440. The SMILES string of the molecule is Cc1cc(-c2cc(C)ccc2C)cc(C(F)(F)F)c1.Cc1ccc(C(c2ccc(C)cc2)(C(F)(F)F)C(F)(F)F)cc1. The van der Waals surface area contributed by atoms with Crippen LogP contribution in [0.5, 0.6) is 0 Å². The predicted octanol–water partition coefficient (Wildman–Crippen LogP) is 11.0. The molecule has 0 bridgehead atoms. The summed E-state index contributed by atoms with van der Waals surface area (Å²) in [5, 5.41) is 0. The Kier molecular flexibility index (Phi) is 9.25. The molecule has 0 radical (unpaired) electrons. The lowest BCUT2D eigenvalue weighted by molar-refractivity contribution is -0.288. The summed E-state index contributed by atoms with van der Waals surface area (Å²) >= 11 is 0. The molecule has 0 fully saturated rings. The number of halogens is 9. The third-order valence-corrected chi connectivity index (χ3v) is 6.93. The molecule has 0 aliphatic heterocycles. The van der Waals surface area contributed by atoms with Crippen LogP contribution >= 0.6 is 0 Å². The molecule has 0 amide bonds. The summed E-state index contributed by atoms with van der Waals surface area (Å²) < 4.78 is 121. The lowest BCUT2D eigenvalue weighted by Gasteiger charge is -2.38. The second-order valence-electron chi connectivity index (χ2n) is 10.4. The van der Waals surface area contributed by atoms with Crippen LogP contribution in [-0.2, 0) is 11.6 Å². The second kappa shape index (κ2) is 11.9. The lowest BCUT2D eigenvalue weighted by Crippen LogP contribution is -2.54. The minimum atomic E-state index is -5.53. The maximum absolute atomic E-state index is 13.7. The van der Waals surface area contributed by atoms with E-state index in [0.29, 0.717) is 22.3 Å². The molecule has 224 valence electrons. The number of rotatable bonds is 3. The van der Waals surface area contributed by atoms with Crippen molar-refractivity contribution in [3.8, 4) is 11.1 Å². The van der Waals surface area contributed by atoms with Gasteiger partial charge in [-0.05, 0) is 80.1 Å². The highest BCUT2D eigenvalue weighted by atomic mass is 19.4. The largest absolute Gasteiger partial charge is 0.416 e. The molecule has 0 aliphatic carbocycles. The molecule has 4 rings (SSSR count). The fourth-order valence-electron chi connectivity index (χ4n) is 4.74. The Morgan fingerprint density at radius 3 is 1.24 bits per heavy atom. The van der Waals surface area contributed by atoms with Crippen molar-refractivity contribution in [1.29, 1.82) is 0 Å². The summed E-state index contributed by atoms with van der Waals surface area (Å²) in [7, 11) is 0. The van der Waals surface area contributed by atoms with Gasteiger partial charge in [-0.1, -0.05) is 89.5 Å². The molecule has 9 heteroatoms. The van der Waals surface area contributed by atoms with Crippen molar-refractivity contribution < 1.29 is 39.5 Å². The number of hydrogen-bond acceptors (Lipinski definition) is 0. The minimum Gasteiger partial charge on any atom is -0.169 e. The first kappa shape index (κ1) is 32.8. The molecule has 0 aliphatic rings. The molecule has 0 heterocycles. The van der Waals surface area contributed by atoms with Gasteiger partial charge in [0.15, 0.2) is 0 Å². The topological polar surface area (TPSA) is 0 Å². The first-order chi connectivity index (χ1) is 19.3. The highest BCUT2D eigenvalue weighted by Crippen LogP contribution is 2.56. The van der Waals surface area contributed by atoms with Gasteiger partial charge in [0.25, 0.3) is 0 Å². The van der Waals surface area contributed by atoms with Crippen molar-refractivity contribution in [3.63, 3.8) is 0 Å². The standard InChI is InChI=1S/C17H14F6.C16H15F3/c1-11-3-7-13(8-4-11)15(16(18,19)20,17(21,22)23)14-9-5-12(2)6-10-14;1-10-4-5-12(3)15(8-10)13-6-11(2)7-14(9-13)16(17,18)19/h3-10H,1-2H3;4-9H,1-3H3. The monoisotopic (exact) mass is 596 g/mol. The second-order valence-corrected chi connectivity index (χ2v) is 10.4. The van der Waals surface area contributed by atoms with Crippen LogP contribution in [0.25, 0.3) is 11.1 Å². The summed E-state index contributed by atoms with van der Waals surface area (Å²) in [5.74, 6) is 0. The smallest absolute Gasteiger partial charge is 0.169 e. The van der Waals surface area contributed by atoms with E-state index in [9.17, 15) is 39.5 Å². The summed E-state index contributed by atoms with van der Waals surface area (Å²) in [6, 6.07) is 18.5. The molecule has 0 atom stereocenters. The summed E-state index contributed by atoms with van der Waals surface area (Å²) in [5.41, 5.74) is -1.07. The van der Waals surface area contributed by atoms with Gasteiger partial charge in [0.05, 0.1) is 5.56 Å². The van der Waals surface area contributed by atoms with Gasteiger partial charge in [-0.25, -0.2) is 0 Å². The van der Waals surface area contributed by atoms with E-state index in [-0.39, 0.29) is 0 Å².